The van der Waals surface area contributed by atoms with Crippen LogP contribution in [0.3, 0.4) is 0 Å². The van der Waals surface area contributed by atoms with Gasteiger partial charge in [0.25, 0.3) is 5.69 Å². The molecule has 0 atom stereocenters. The Morgan fingerprint density at radius 2 is 1.85 bits per heavy atom. The van der Waals surface area contributed by atoms with Crippen LogP contribution in [-0.4, -0.2) is 22.7 Å². The quantitative estimate of drug-likeness (QED) is 0.251. The second-order valence-corrected chi connectivity index (χ2v) is 4.31. The van der Waals surface area contributed by atoms with E-state index in [9.17, 15) is 14.9 Å². The Morgan fingerprint density at radius 1 is 1.25 bits per heavy atom. The lowest BCUT2D eigenvalue weighted by Crippen LogP contribution is -2.26. The number of amides is 1. The molecule has 0 unspecified atom stereocenters. The number of guanidine groups is 2. The first-order chi connectivity index (χ1) is 9.22. The van der Waals surface area contributed by atoms with Gasteiger partial charge in [0.2, 0.25) is 11.9 Å². The predicted octanol–water partition coefficient (Wildman–Crippen LogP) is -0.324. The lowest BCUT2D eigenvalue weighted by molar-refractivity contribution is -0.384. The topological polar surface area (TPSA) is 189 Å². The van der Waals surface area contributed by atoms with Gasteiger partial charge in [-0.3, -0.25) is 14.9 Å². The molecule has 11 heteroatoms. The maximum absolute atomic E-state index is 11.1. The molecule has 0 heterocycles. The maximum atomic E-state index is 11.1. The van der Waals surface area contributed by atoms with Gasteiger partial charge in [0.1, 0.15) is 0 Å². The average Bonchev–Trinajstić information content (AvgIpc) is 2.29. The molecule has 1 amide bonds. The van der Waals surface area contributed by atoms with Gasteiger partial charge in [0.05, 0.1) is 9.40 Å². The third kappa shape index (κ3) is 3.65. The zero-order chi connectivity index (χ0) is 15.4. The standard InChI is InChI=1S/C9H10BrN7O3/c10-4-1-3(7(11)18)2-5(17(19)20)6(4)15-9(14)16-8(12)13/h1-2H,(H2,11,18)(H6,12,13,14,15,16). The second-order valence-electron chi connectivity index (χ2n) is 3.45. The van der Waals surface area contributed by atoms with Gasteiger partial charge in [-0.05, 0) is 22.0 Å². The number of rotatable bonds is 3. The van der Waals surface area contributed by atoms with E-state index in [1.807, 2.05) is 0 Å². The molecule has 0 aromatic heterocycles. The number of primary amides is 1. The van der Waals surface area contributed by atoms with Crippen LogP contribution in [0.1, 0.15) is 10.4 Å². The van der Waals surface area contributed by atoms with Crippen LogP contribution in [-0.2, 0) is 0 Å². The molecule has 10 nitrogen and oxygen atoms in total. The minimum Gasteiger partial charge on any atom is -0.370 e. The van der Waals surface area contributed by atoms with Crippen LogP contribution in [0.15, 0.2) is 26.6 Å². The second kappa shape index (κ2) is 5.97. The number of nitro benzene ring substituents is 1. The minimum absolute atomic E-state index is 0.0528. The number of nitrogens with two attached hydrogens (primary N) is 4. The summed E-state index contributed by atoms with van der Waals surface area (Å²) in [7, 11) is 0. The average molecular weight is 344 g/mol. The molecule has 0 bridgehead atoms. The minimum atomic E-state index is -0.818. The predicted molar refractivity (Wildman–Crippen MR) is 76.4 cm³/mol. The van der Waals surface area contributed by atoms with Crippen LogP contribution in [0.2, 0.25) is 0 Å². The van der Waals surface area contributed by atoms with E-state index < -0.39 is 16.5 Å². The van der Waals surface area contributed by atoms with Gasteiger partial charge < -0.3 is 22.9 Å². The van der Waals surface area contributed by atoms with Crippen molar-refractivity contribution in [3.05, 3.63) is 32.3 Å². The van der Waals surface area contributed by atoms with Gasteiger partial charge in [-0.1, -0.05) is 0 Å². The summed E-state index contributed by atoms with van der Waals surface area (Å²) >= 11 is 3.04. The van der Waals surface area contributed by atoms with Gasteiger partial charge >= 0.3 is 0 Å². The van der Waals surface area contributed by atoms with Crippen LogP contribution in [0, 0.1) is 10.1 Å². The summed E-state index contributed by atoms with van der Waals surface area (Å²) in [5.41, 5.74) is 20.0. The summed E-state index contributed by atoms with van der Waals surface area (Å²) in [6.45, 7) is 0. The number of carbonyl (C=O) groups is 1. The van der Waals surface area contributed by atoms with Gasteiger partial charge in [-0.2, -0.15) is 4.99 Å². The third-order valence-electron chi connectivity index (χ3n) is 1.99. The van der Waals surface area contributed by atoms with E-state index in [-0.39, 0.29) is 27.6 Å². The molecule has 0 aliphatic rings. The van der Waals surface area contributed by atoms with E-state index in [0.29, 0.717) is 0 Å². The smallest absolute Gasteiger partial charge is 0.296 e. The first kappa shape index (κ1) is 15.4. The SMILES string of the molecule is NC(=O)c1cc(Br)c(N=C(N)N=C(N)N)c([N+](=O)[O-])c1. The molecule has 1 aromatic carbocycles. The lowest BCUT2D eigenvalue weighted by Gasteiger charge is -2.04. The van der Waals surface area contributed by atoms with Crippen LogP contribution in [0.25, 0.3) is 0 Å². The molecular formula is C9H10BrN7O3. The number of nitrogens with zero attached hydrogens (tertiary/aromatic N) is 3. The number of carbonyl (C=O) groups excluding carboxylic acids is 1. The fourth-order valence-corrected chi connectivity index (χ4v) is 1.79. The van der Waals surface area contributed by atoms with E-state index in [1.54, 1.807) is 0 Å². The highest BCUT2D eigenvalue weighted by atomic mass is 79.9. The zero-order valence-electron chi connectivity index (χ0n) is 9.91. The van der Waals surface area contributed by atoms with Crippen molar-refractivity contribution in [1.29, 1.82) is 0 Å². The molecule has 0 spiro atoms. The molecule has 8 N–H and O–H groups in total. The highest BCUT2D eigenvalue weighted by Gasteiger charge is 2.20. The highest BCUT2D eigenvalue weighted by molar-refractivity contribution is 9.10. The van der Waals surface area contributed by atoms with Crippen molar-refractivity contribution >= 4 is 45.1 Å². The van der Waals surface area contributed by atoms with Crippen LogP contribution < -0.4 is 22.9 Å². The molecule has 0 fully saturated rings. The fraction of sp³-hybridized carbons (Fsp3) is 0. The van der Waals surface area contributed by atoms with Crippen LogP contribution in [0.4, 0.5) is 11.4 Å². The molecular weight excluding hydrogens is 334 g/mol. The van der Waals surface area contributed by atoms with Gasteiger partial charge in [0, 0.05) is 11.6 Å². The molecule has 20 heavy (non-hydrogen) atoms. The molecule has 1 aromatic rings. The summed E-state index contributed by atoms with van der Waals surface area (Å²) in [5.74, 6) is -1.54. The van der Waals surface area contributed by atoms with Crippen molar-refractivity contribution in [3.63, 3.8) is 0 Å². The van der Waals surface area contributed by atoms with Crippen molar-refractivity contribution < 1.29 is 9.72 Å². The molecule has 106 valence electrons. The molecule has 1 rings (SSSR count). The normalized spacial score (nSPS) is 10.9. The fourth-order valence-electron chi connectivity index (χ4n) is 1.25. The first-order valence-corrected chi connectivity index (χ1v) is 5.73. The maximum Gasteiger partial charge on any atom is 0.296 e. The Hall–Kier alpha value is -2.69. The van der Waals surface area contributed by atoms with Gasteiger partial charge in [-0.15, -0.1) is 0 Å². The monoisotopic (exact) mass is 343 g/mol. The van der Waals surface area contributed by atoms with E-state index in [2.05, 4.69) is 25.9 Å². The summed E-state index contributed by atoms with van der Waals surface area (Å²) < 4.78 is 0.147. The Morgan fingerprint density at radius 3 is 2.30 bits per heavy atom. The number of benzene rings is 1. The first-order valence-electron chi connectivity index (χ1n) is 4.94. The largest absolute Gasteiger partial charge is 0.370 e. The number of halogens is 1. The van der Waals surface area contributed by atoms with Crippen molar-refractivity contribution in [2.24, 2.45) is 32.9 Å². The van der Waals surface area contributed by atoms with Gasteiger partial charge in [-0.25, -0.2) is 4.99 Å². The number of hydrogen-bond acceptors (Lipinski definition) is 4. The third-order valence-corrected chi connectivity index (χ3v) is 2.60. The number of nitro groups is 1. The summed E-state index contributed by atoms with van der Waals surface area (Å²) in [5, 5.41) is 11.0. The van der Waals surface area contributed by atoms with E-state index in [1.165, 1.54) is 6.07 Å². The Kier molecular flexibility index (Phi) is 4.59. The molecule has 0 saturated carbocycles. The molecule has 0 aliphatic heterocycles. The number of aliphatic imine (C=N–C) groups is 2. The van der Waals surface area contributed by atoms with Crippen LogP contribution in [0.5, 0.6) is 0 Å². The van der Waals surface area contributed by atoms with E-state index in [4.69, 9.17) is 22.9 Å². The van der Waals surface area contributed by atoms with Crippen molar-refractivity contribution in [1.82, 2.24) is 0 Å². The lowest BCUT2D eigenvalue weighted by atomic mass is 10.1. The Labute approximate surface area is 120 Å². The van der Waals surface area contributed by atoms with Crippen molar-refractivity contribution in [2.45, 2.75) is 0 Å². The van der Waals surface area contributed by atoms with E-state index in [0.717, 1.165) is 6.07 Å². The molecule has 0 saturated heterocycles. The Bertz CT molecular complexity index is 637. The van der Waals surface area contributed by atoms with Crippen molar-refractivity contribution in [3.8, 4) is 0 Å². The number of hydrogen-bond donors (Lipinski definition) is 4. The summed E-state index contributed by atoms with van der Waals surface area (Å²) in [4.78, 5) is 28.5. The summed E-state index contributed by atoms with van der Waals surface area (Å²) in [6.07, 6.45) is 0. The highest BCUT2D eigenvalue weighted by Crippen LogP contribution is 2.36. The van der Waals surface area contributed by atoms with E-state index >= 15 is 0 Å². The van der Waals surface area contributed by atoms with Crippen molar-refractivity contribution in [2.75, 3.05) is 0 Å². The van der Waals surface area contributed by atoms with Gasteiger partial charge in [0.15, 0.2) is 11.6 Å². The molecule has 0 aliphatic carbocycles. The zero-order valence-corrected chi connectivity index (χ0v) is 11.5. The van der Waals surface area contributed by atoms with Crippen LogP contribution >= 0.6 is 15.9 Å². The summed E-state index contributed by atoms with van der Waals surface area (Å²) in [6, 6.07) is 2.26. The Balaban J connectivity index is 3.50. The molecule has 0 radical (unpaired) electrons.